The van der Waals surface area contributed by atoms with E-state index in [1.807, 2.05) is 0 Å². The van der Waals surface area contributed by atoms with E-state index >= 15 is 0 Å². The van der Waals surface area contributed by atoms with Crippen molar-refractivity contribution in [2.75, 3.05) is 6.54 Å². The van der Waals surface area contributed by atoms with E-state index in [4.69, 9.17) is 11.5 Å². The monoisotopic (exact) mass is 236 g/mol. The Morgan fingerprint density at radius 3 is 2.82 bits per heavy atom. The molecule has 0 aliphatic heterocycles. The third-order valence-electron chi connectivity index (χ3n) is 2.17. The minimum Gasteiger partial charge on any atom is -0.370 e. The molecule has 0 aliphatic rings. The maximum absolute atomic E-state index is 11.7. The van der Waals surface area contributed by atoms with Gasteiger partial charge in [0.05, 0.1) is 5.69 Å². The Kier molecular flexibility index (Phi) is 5.09. The molecular weight excluding hydrogens is 220 g/mol. The van der Waals surface area contributed by atoms with Crippen LogP contribution < -0.4 is 16.8 Å². The molecule has 92 valence electrons. The van der Waals surface area contributed by atoms with Crippen molar-refractivity contribution >= 4 is 11.8 Å². The number of primary amides is 1. The average molecular weight is 236 g/mol. The van der Waals surface area contributed by atoms with E-state index in [0.29, 0.717) is 30.8 Å². The molecular formula is C11H16N4O2. The fraction of sp³-hybridized carbons (Fsp3) is 0.364. The molecule has 1 aromatic rings. The first kappa shape index (κ1) is 13.1. The quantitative estimate of drug-likeness (QED) is 0.580. The first-order valence-corrected chi connectivity index (χ1v) is 5.35. The third-order valence-corrected chi connectivity index (χ3v) is 2.17. The fourth-order valence-corrected chi connectivity index (χ4v) is 1.30. The minimum absolute atomic E-state index is 0.202. The Hall–Kier alpha value is -1.95. The van der Waals surface area contributed by atoms with Crippen LogP contribution in [-0.4, -0.2) is 23.3 Å². The number of nitrogens with one attached hydrogen (secondary N) is 1. The third kappa shape index (κ3) is 4.60. The summed E-state index contributed by atoms with van der Waals surface area (Å²) < 4.78 is 0. The first-order valence-electron chi connectivity index (χ1n) is 5.35. The summed E-state index contributed by atoms with van der Waals surface area (Å²) in [6.07, 6.45) is 2.35. The standard InChI is InChI=1S/C11H16N4O2/c12-7-9-6-8(3-5-14-9)11(17)15-4-1-2-10(13)16/h3,5-6H,1-2,4,7,12H2,(H2,13,16)(H,15,17). The second-order valence-corrected chi connectivity index (χ2v) is 3.57. The number of nitrogens with zero attached hydrogens (tertiary/aromatic N) is 1. The van der Waals surface area contributed by atoms with Gasteiger partial charge in [-0.3, -0.25) is 14.6 Å². The molecule has 1 heterocycles. The lowest BCUT2D eigenvalue weighted by Crippen LogP contribution is -2.25. The van der Waals surface area contributed by atoms with Gasteiger partial charge in [0.15, 0.2) is 0 Å². The van der Waals surface area contributed by atoms with Crippen LogP contribution in [0.3, 0.4) is 0 Å². The van der Waals surface area contributed by atoms with Gasteiger partial charge in [0.1, 0.15) is 0 Å². The number of carbonyl (C=O) groups excluding carboxylic acids is 2. The minimum atomic E-state index is -0.367. The summed E-state index contributed by atoms with van der Waals surface area (Å²) in [6.45, 7) is 0.713. The number of rotatable bonds is 6. The molecule has 0 unspecified atom stereocenters. The number of nitrogens with two attached hydrogens (primary N) is 2. The Bertz CT molecular complexity index is 406. The molecule has 5 N–H and O–H groups in total. The van der Waals surface area contributed by atoms with E-state index in [1.54, 1.807) is 18.3 Å². The molecule has 0 aliphatic carbocycles. The Balaban J connectivity index is 2.43. The highest BCUT2D eigenvalue weighted by Gasteiger charge is 2.05. The van der Waals surface area contributed by atoms with Crippen LogP contribution in [0.5, 0.6) is 0 Å². The van der Waals surface area contributed by atoms with Crippen LogP contribution in [0.2, 0.25) is 0 Å². The Morgan fingerprint density at radius 1 is 1.41 bits per heavy atom. The molecule has 0 fully saturated rings. The molecule has 0 atom stereocenters. The Labute approximate surface area is 99.4 Å². The van der Waals surface area contributed by atoms with E-state index in [2.05, 4.69) is 10.3 Å². The van der Waals surface area contributed by atoms with Crippen molar-refractivity contribution in [2.24, 2.45) is 11.5 Å². The van der Waals surface area contributed by atoms with E-state index in [1.165, 1.54) is 0 Å². The zero-order valence-electron chi connectivity index (χ0n) is 9.48. The zero-order chi connectivity index (χ0) is 12.7. The molecule has 1 rings (SSSR count). The SMILES string of the molecule is NCc1cc(C(=O)NCCCC(N)=O)ccn1. The highest BCUT2D eigenvalue weighted by Crippen LogP contribution is 2.01. The van der Waals surface area contributed by atoms with Gasteiger partial charge in [0, 0.05) is 31.3 Å². The van der Waals surface area contributed by atoms with Gasteiger partial charge in [-0.25, -0.2) is 0 Å². The number of carbonyl (C=O) groups is 2. The lowest BCUT2D eigenvalue weighted by atomic mass is 10.2. The summed E-state index contributed by atoms with van der Waals surface area (Å²) in [5.41, 5.74) is 11.6. The van der Waals surface area contributed by atoms with Crippen molar-refractivity contribution in [3.05, 3.63) is 29.6 Å². The highest BCUT2D eigenvalue weighted by atomic mass is 16.2. The Morgan fingerprint density at radius 2 is 2.18 bits per heavy atom. The molecule has 1 aromatic heterocycles. The largest absolute Gasteiger partial charge is 0.370 e. The average Bonchev–Trinajstić information content (AvgIpc) is 2.34. The molecule has 0 bridgehead atoms. The predicted octanol–water partition coefficient (Wildman–Crippen LogP) is -0.464. The number of amides is 2. The van der Waals surface area contributed by atoms with Crippen molar-refractivity contribution < 1.29 is 9.59 Å². The zero-order valence-corrected chi connectivity index (χ0v) is 9.48. The number of hydrogen-bond acceptors (Lipinski definition) is 4. The van der Waals surface area contributed by atoms with Crippen LogP contribution in [0, 0.1) is 0 Å². The summed E-state index contributed by atoms with van der Waals surface area (Å²) in [5, 5.41) is 2.69. The van der Waals surface area contributed by atoms with Crippen molar-refractivity contribution in [1.82, 2.24) is 10.3 Å². The first-order chi connectivity index (χ1) is 8.13. The number of pyridine rings is 1. The van der Waals surface area contributed by atoms with Gasteiger partial charge in [-0.1, -0.05) is 0 Å². The van der Waals surface area contributed by atoms with Crippen molar-refractivity contribution in [3.63, 3.8) is 0 Å². The highest BCUT2D eigenvalue weighted by molar-refractivity contribution is 5.94. The topological polar surface area (TPSA) is 111 Å². The van der Waals surface area contributed by atoms with E-state index in [0.717, 1.165) is 0 Å². The predicted molar refractivity (Wildman–Crippen MR) is 62.9 cm³/mol. The molecule has 0 saturated heterocycles. The lowest BCUT2D eigenvalue weighted by molar-refractivity contribution is -0.118. The van der Waals surface area contributed by atoms with Gasteiger partial charge in [0.25, 0.3) is 5.91 Å². The maximum atomic E-state index is 11.7. The van der Waals surface area contributed by atoms with Crippen LogP contribution >= 0.6 is 0 Å². The van der Waals surface area contributed by atoms with Crippen LogP contribution in [0.25, 0.3) is 0 Å². The molecule has 17 heavy (non-hydrogen) atoms. The van der Waals surface area contributed by atoms with Crippen molar-refractivity contribution in [2.45, 2.75) is 19.4 Å². The van der Waals surface area contributed by atoms with Crippen molar-refractivity contribution in [3.8, 4) is 0 Å². The normalized spacial score (nSPS) is 9.94. The van der Waals surface area contributed by atoms with Crippen LogP contribution in [0.15, 0.2) is 18.3 Å². The van der Waals surface area contributed by atoms with Crippen LogP contribution in [0.1, 0.15) is 28.9 Å². The van der Waals surface area contributed by atoms with Crippen molar-refractivity contribution in [1.29, 1.82) is 0 Å². The van der Waals surface area contributed by atoms with Gasteiger partial charge < -0.3 is 16.8 Å². The second kappa shape index (κ2) is 6.59. The van der Waals surface area contributed by atoms with Gasteiger partial charge in [-0.05, 0) is 18.6 Å². The summed E-state index contributed by atoms with van der Waals surface area (Å²) >= 11 is 0. The van der Waals surface area contributed by atoms with E-state index in [-0.39, 0.29) is 18.2 Å². The number of aromatic nitrogens is 1. The second-order valence-electron chi connectivity index (χ2n) is 3.57. The summed E-state index contributed by atoms with van der Waals surface area (Å²) in [4.78, 5) is 26.1. The van der Waals surface area contributed by atoms with Gasteiger partial charge in [-0.2, -0.15) is 0 Å². The summed E-state index contributed by atoms with van der Waals surface area (Å²) in [6, 6.07) is 3.26. The van der Waals surface area contributed by atoms with E-state index < -0.39 is 0 Å². The van der Waals surface area contributed by atoms with E-state index in [9.17, 15) is 9.59 Å². The van der Waals surface area contributed by atoms with Gasteiger partial charge >= 0.3 is 0 Å². The fourth-order valence-electron chi connectivity index (χ4n) is 1.30. The maximum Gasteiger partial charge on any atom is 0.251 e. The molecule has 2 amide bonds. The molecule has 6 nitrogen and oxygen atoms in total. The molecule has 0 saturated carbocycles. The van der Waals surface area contributed by atoms with Crippen LogP contribution in [-0.2, 0) is 11.3 Å². The molecule has 6 heteroatoms. The van der Waals surface area contributed by atoms with Crippen LogP contribution in [0.4, 0.5) is 0 Å². The molecule has 0 spiro atoms. The lowest BCUT2D eigenvalue weighted by Gasteiger charge is -2.05. The molecule has 0 radical (unpaired) electrons. The smallest absolute Gasteiger partial charge is 0.251 e. The summed E-state index contributed by atoms with van der Waals surface area (Å²) in [7, 11) is 0. The molecule has 0 aromatic carbocycles. The number of hydrogen-bond donors (Lipinski definition) is 3. The summed E-state index contributed by atoms with van der Waals surface area (Å²) in [5.74, 6) is -0.569. The van der Waals surface area contributed by atoms with Gasteiger partial charge in [-0.15, -0.1) is 0 Å². The van der Waals surface area contributed by atoms with Gasteiger partial charge in [0.2, 0.25) is 5.91 Å².